The van der Waals surface area contributed by atoms with Gasteiger partial charge in [0, 0.05) is 12.6 Å². The first-order chi connectivity index (χ1) is 9.50. The van der Waals surface area contributed by atoms with Gasteiger partial charge < -0.3 is 15.7 Å². The van der Waals surface area contributed by atoms with Gasteiger partial charge in [-0.1, -0.05) is 26.2 Å². The first-order valence-corrected chi connectivity index (χ1v) is 7.79. The van der Waals surface area contributed by atoms with E-state index in [1.54, 1.807) is 4.90 Å². The molecule has 114 valence electrons. The Morgan fingerprint density at radius 1 is 1.15 bits per heavy atom. The topological polar surface area (TPSA) is 83.6 Å². The van der Waals surface area contributed by atoms with E-state index >= 15 is 0 Å². The third kappa shape index (κ3) is 3.32. The number of amides is 1. The minimum absolute atomic E-state index is 0.0290. The lowest BCUT2D eigenvalue weighted by atomic mass is 9.88. The number of nitrogens with zero attached hydrogens (tertiary/aromatic N) is 1. The van der Waals surface area contributed by atoms with E-state index in [4.69, 9.17) is 5.73 Å². The molecule has 4 unspecified atom stereocenters. The van der Waals surface area contributed by atoms with Crippen molar-refractivity contribution in [3.63, 3.8) is 0 Å². The molecule has 2 rings (SSSR count). The van der Waals surface area contributed by atoms with Gasteiger partial charge in [0.2, 0.25) is 5.91 Å². The molecule has 1 saturated carbocycles. The molecule has 4 atom stereocenters. The van der Waals surface area contributed by atoms with Crippen LogP contribution in [0.1, 0.15) is 51.9 Å². The van der Waals surface area contributed by atoms with Crippen LogP contribution in [0.25, 0.3) is 0 Å². The van der Waals surface area contributed by atoms with Crippen LogP contribution in [-0.2, 0) is 9.59 Å². The van der Waals surface area contributed by atoms with E-state index < -0.39 is 12.0 Å². The van der Waals surface area contributed by atoms with Crippen LogP contribution in [0.3, 0.4) is 0 Å². The maximum Gasteiger partial charge on any atom is 0.326 e. The molecule has 0 aromatic carbocycles. The Labute approximate surface area is 120 Å². The molecule has 2 aliphatic rings. The summed E-state index contributed by atoms with van der Waals surface area (Å²) in [5, 5.41) is 9.37. The van der Waals surface area contributed by atoms with Gasteiger partial charge in [0.1, 0.15) is 6.04 Å². The number of hydrogen-bond acceptors (Lipinski definition) is 3. The number of rotatable bonds is 2. The smallest absolute Gasteiger partial charge is 0.326 e. The molecule has 2 fully saturated rings. The second kappa shape index (κ2) is 6.57. The van der Waals surface area contributed by atoms with Crippen LogP contribution < -0.4 is 5.73 Å². The predicted molar refractivity (Wildman–Crippen MR) is 76.1 cm³/mol. The lowest BCUT2D eigenvalue weighted by Crippen LogP contribution is -2.54. The Bertz CT molecular complexity index is 372. The molecule has 1 saturated heterocycles. The van der Waals surface area contributed by atoms with Crippen LogP contribution >= 0.6 is 0 Å². The van der Waals surface area contributed by atoms with Gasteiger partial charge in [-0.3, -0.25) is 4.79 Å². The molecule has 5 heteroatoms. The van der Waals surface area contributed by atoms with Crippen molar-refractivity contribution in [2.24, 2.45) is 17.6 Å². The molecule has 3 N–H and O–H groups in total. The zero-order chi connectivity index (χ0) is 14.7. The fourth-order valence-electron chi connectivity index (χ4n) is 3.50. The van der Waals surface area contributed by atoms with Crippen molar-refractivity contribution in [2.75, 3.05) is 6.54 Å². The van der Waals surface area contributed by atoms with Crippen molar-refractivity contribution in [2.45, 2.75) is 64.0 Å². The molecular weight excluding hydrogens is 256 g/mol. The van der Waals surface area contributed by atoms with Gasteiger partial charge >= 0.3 is 5.97 Å². The van der Waals surface area contributed by atoms with Crippen molar-refractivity contribution < 1.29 is 14.7 Å². The molecule has 0 aromatic rings. The van der Waals surface area contributed by atoms with E-state index in [1.807, 2.05) is 0 Å². The molecule has 20 heavy (non-hydrogen) atoms. The summed E-state index contributed by atoms with van der Waals surface area (Å²) in [6, 6.07) is -0.777. The van der Waals surface area contributed by atoms with Gasteiger partial charge in [-0.2, -0.15) is 0 Å². The Kier molecular flexibility index (Phi) is 5.02. The zero-order valence-electron chi connectivity index (χ0n) is 12.3. The molecule has 1 amide bonds. The largest absolute Gasteiger partial charge is 0.480 e. The standard InChI is InChI=1S/C15H26N2O3/c1-10-7-8-17(13(9-10)15(19)20)14(18)11-5-3-2-4-6-12(11)16/h10-13H,2-9,16H2,1H3,(H,19,20). The number of carboxylic acids is 1. The van der Waals surface area contributed by atoms with Crippen LogP contribution in [0.5, 0.6) is 0 Å². The highest BCUT2D eigenvalue weighted by Gasteiger charge is 2.39. The molecule has 1 heterocycles. The normalized spacial score (nSPS) is 35.4. The van der Waals surface area contributed by atoms with Crippen molar-refractivity contribution in [3.8, 4) is 0 Å². The number of piperidine rings is 1. The zero-order valence-corrected chi connectivity index (χ0v) is 12.3. The fraction of sp³-hybridized carbons (Fsp3) is 0.867. The number of nitrogens with two attached hydrogens (primary N) is 1. The van der Waals surface area contributed by atoms with E-state index in [-0.39, 0.29) is 17.9 Å². The highest BCUT2D eigenvalue weighted by molar-refractivity contribution is 5.85. The summed E-state index contributed by atoms with van der Waals surface area (Å²) in [6.45, 7) is 2.61. The van der Waals surface area contributed by atoms with Crippen LogP contribution in [0.4, 0.5) is 0 Å². The van der Waals surface area contributed by atoms with E-state index in [9.17, 15) is 14.7 Å². The minimum Gasteiger partial charge on any atom is -0.480 e. The second-order valence-electron chi connectivity index (χ2n) is 6.42. The third-order valence-corrected chi connectivity index (χ3v) is 4.82. The number of aliphatic carboxylic acids is 1. The van der Waals surface area contributed by atoms with E-state index in [0.717, 1.165) is 38.5 Å². The van der Waals surface area contributed by atoms with Gasteiger partial charge in [0.15, 0.2) is 0 Å². The van der Waals surface area contributed by atoms with Crippen molar-refractivity contribution in [3.05, 3.63) is 0 Å². The number of likely N-dealkylation sites (tertiary alicyclic amines) is 1. The summed E-state index contributed by atoms with van der Waals surface area (Å²) in [7, 11) is 0. The minimum atomic E-state index is -0.882. The SMILES string of the molecule is CC1CCN(C(=O)C2CCCCCC2N)C(C(=O)O)C1. The molecular formula is C15H26N2O3. The molecule has 1 aliphatic carbocycles. The van der Waals surface area contributed by atoms with Gasteiger partial charge in [-0.25, -0.2) is 4.79 Å². The highest BCUT2D eigenvalue weighted by atomic mass is 16.4. The first kappa shape index (κ1) is 15.3. The molecule has 0 radical (unpaired) electrons. The summed E-state index contributed by atoms with van der Waals surface area (Å²) < 4.78 is 0. The molecule has 1 aliphatic heterocycles. The first-order valence-electron chi connectivity index (χ1n) is 7.79. The monoisotopic (exact) mass is 282 g/mol. The average molecular weight is 282 g/mol. The van der Waals surface area contributed by atoms with Crippen LogP contribution in [0.2, 0.25) is 0 Å². The van der Waals surface area contributed by atoms with Gasteiger partial charge in [0.05, 0.1) is 5.92 Å². The Morgan fingerprint density at radius 3 is 2.55 bits per heavy atom. The fourth-order valence-corrected chi connectivity index (χ4v) is 3.50. The summed E-state index contributed by atoms with van der Waals surface area (Å²) in [5.74, 6) is -0.735. The number of carbonyl (C=O) groups excluding carboxylic acids is 1. The van der Waals surface area contributed by atoms with E-state index in [1.165, 1.54) is 0 Å². The van der Waals surface area contributed by atoms with Crippen LogP contribution in [0.15, 0.2) is 0 Å². The van der Waals surface area contributed by atoms with E-state index in [0.29, 0.717) is 18.9 Å². The number of carbonyl (C=O) groups is 2. The van der Waals surface area contributed by atoms with E-state index in [2.05, 4.69) is 6.92 Å². The lowest BCUT2D eigenvalue weighted by Gasteiger charge is -2.38. The summed E-state index contributed by atoms with van der Waals surface area (Å²) in [6.07, 6.45) is 6.34. The van der Waals surface area contributed by atoms with Gasteiger partial charge in [-0.15, -0.1) is 0 Å². The van der Waals surface area contributed by atoms with Crippen LogP contribution in [-0.4, -0.2) is 40.5 Å². The van der Waals surface area contributed by atoms with Crippen molar-refractivity contribution in [1.82, 2.24) is 4.90 Å². The van der Waals surface area contributed by atoms with Crippen molar-refractivity contribution >= 4 is 11.9 Å². The second-order valence-corrected chi connectivity index (χ2v) is 6.42. The Balaban J connectivity index is 2.11. The average Bonchev–Trinajstić information content (AvgIpc) is 2.62. The molecule has 0 spiro atoms. The van der Waals surface area contributed by atoms with Crippen LogP contribution in [0, 0.1) is 11.8 Å². The van der Waals surface area contributed by atoms with Gasteiger partial charge in [0.25, 0.3) is 0 Å². The lowest BCUT2D eigenvalue weighted by molar-refractivity contribution is -0.155. The highest BCUT2D eigenvalue weighted by Crippen LogP contribution is 2.29. The van der Waals surface area contributed by atoms with Crippen molar-refractivity contribution in [1.29, 1.82) is 0 Å². The summed E-state index contributed by atoms with van der Waals surface area (Å²) in [4.78, 5) is 25.7. The summed E-state index contributed by atoms with van der Waals surface area (Å²) in [5.41, 5.74) is 6.14. The summed E-state index contributed by atoms with van der Waals surface area (Å²) >= 11 is 0. The predicted octanol–water partition coefficient (Wildman–Crippen LogP) is 1.61. The molecule has 5 nitrogen and oxygen atoms in total. The molecule has 0 bridgehead atoms. The Morgan fingerprint density at radius 2 is 1.85 bits per heavy atom. The Hall–Kier alpha value is -1.10. The maximum absolute atomic E-state index is 12.7. The molecule has 0 aromatic heterocycles. The third-order valence-electron chi connectivity index (χ3n) is 4.82. The number of hydrogen-bond donors (Lipinski definition) is 2. The quantitative estimate of drug-likeness (QED) is 0.754. The number of carboxylic acid groups (broad SMARTS) is 1. The maximum atomic E-state index is 12.7. The van der Waals surface area contributed by atoms with Gasteiger partial charge in [-0.05, 0) is 31.6 Å².